The minimum atomic E-state index is -2.20. The summed E-state index contributed by atoms with van der Waals surface area (Å²) in [6.07, 6.45) is 5.99. The quantitative estimate of drug-likeness (QED) is 0.104. The molecule has 0 aromatic heterocycles. The molecule has 0 N–H and O–H groups in total. The van der Waals surface area contributed by atoms with Crippen molar-refractivity contribution in [2.45, 2.75) is 95.2 Å². The summed E-state index contributed by atoms with van der Waals surface area (Å²) in [5, 5.41) is -0.0146. The molecule has 0 aliphatic carbocycles. The van der Waals surface area contributed by atoms with E-state index in [0.29, 0.717) is 6.42 Å². The van der Waals surface area contributed by atoms with Gasteiger partial charge in [-0.05, 0) is 69.4 Å². The molecule has 0 radical (unpaired) electrons. The van der Waals surface area contributed by atoms with Gasteiger partial charge in [0, 0.05) is 27.4 Å². The topological polar surface area (TPSA) is 81.7 Å². The first-order valence-corrected chi connectivity index (χ1v) is 16.7. The second-order valence-corrected chi connectivity index (χ2v) is 17.9. The molecular formula is C26H44Br2O8Si. The van der Waals surface area contributed by atoms with Crippen LogP contribution in [0.4, 0.5) is 0 Å². The third-order valence-corrected chi connectivity index (χ3v) is 11.8. The van der Waals surface area contributed by atoms with Gasteiger partial charge in [0.1, 0.15) is 18.3 Å². The smallest absolute Gasteiger partial charge is 0.330 e. The lowest BCUT2D eigenvalue weighted by molar-refractivity contribution is -0.318. The molecule has 11 heteroatoms. The van der Waals surface area contributed by atoms with E-state index in [1.165, 1.54) is 13.2 Å². The van der Waals surface area contributed by atoms with Crippen LogP contribution >= 0.6 is 31.9 Å². The highest BCUT2D eigenvalue weighted by atomic mass is 79.9. The van der Waals surface area contributed by atoms with Gasteiger partial charge in [-0.2, -0.15) is 0 Å². The average molecular weight is 673 g/mol. The number of hydrogen-bond acceptors (Lipinski definition) is 8. The van der Waals surface area contributed by atoms with Gasteiger partial charge < -0.3 is 32.8 Å². The van der Waals surface area contributed by atoms with Gasteiger partial charge in [0.05, 0.1) is 28.8 Å². The maximum atomic E-state index is 11.4. The molecule has 37 heavy (non-hydrogen) atoms. The molecule has 214 valence electrons. The number of rotatable bonds is 13. The number of allylic oxidation sites excluding steroid dienone is 2. The SMILES string of the molecule is COC(=O)/C=C/C=C/C[C@H](O[C@@H]1O[C@@H](C)[C@H](OC)[C@@H](OC)[C@H]1OC)[C@@H](C=C(Br)Br)O[Si](C)(C)C(C)(C)C. The number of hydrogen-bond donors (Lipinski definition) is 0. The summed E-state index contributed by atoms with van der Waals surface area (Å²) in [6.45, 7) is 12.9. The lowest BCUT2D eigenvalue weighted by Gasteiger charge is -2.46. The summed E-state index contributed by atoms with van der Waals surface area (Å²) in [5.74, 6) is -0.423. The van der Waals surface area contributed by atoms with E-state index >= 15 is 0 Å². The molecule has 1 fully saturated rings. The summed E-state index contributed by atoms with van der Waals surface area (Å²) >= 11 is 7.00. The van der Waals surface area contributed by atoms with E-state index in [1.807, 2.05) is 19.1 Å². The van der Waals surface area contributed by atoms with E-state index < -0.39 is 38.9 Å². The van der Waals surface area contributed by atoms with Crippen molar-refractivity contribution in [3.8, 4) is 0 Å². The number of halogens is 2. The molecular weight excluding hydrogens is 628 g/mol. The maximum Gasteiger partial charge on any atom is 0.330 e. The van der Waals surface area contributed by atoms with E-state index in [9.17, 15) is 4.79 Å². The van der Waals surface area contributed by atoms with Gasteiger partial charge in [0.25, 0.3) is 0 Å². The van der Waals surface area contributed by atoms with Gasteiger partial charge in [-0.1, -0.05) is 39.0 Å². The van der Waals surface area contributed by atoms with Crippen molar-refractivity contribution in [1.29, 1.82) is 0 Å². The molecule has 1 aliphatic rings. The molecule has 0 unspecified atom stereocenters. The fourth-order valence-electron chi connectivity index (χ4n) is 3.72. The predicted octanol–water partition coefficient (Wildman–Crippen LogP) is 5.86. The molecule has 0 saturated carbocycles. The summed E-state index contributed by atoms with van der Waals surface area (Å²) in [5.41, 5.74) is 0. The lowest BCUT2D eigenvalue weighted by atomic mass is 9.99. The van der Waals surface area contributed by atoms with Gasteiger partial charge in [0.2, 0.25) is 0 Å². The van der Waals surface area contributed by atoms with E-state index in [1.54, 1.807) is 33.5 Å². The fourth-order valence-corrected chi connectivity index (χ4v) is 5.49. The van der Waals surface area contributed by atoms with Crippen LogP contribution in [0, 0.1) is 0 Å². The molecule has 8 nitrogen and oxygen atoms in total. The summed E-state index contributed by atoms with van der Waals surface area (Å²) in [7, 11) is 4.00. The Labute approximate surface area is 240 Å². The number of esters is 1. The van der Waals surface area contributed by atoms with Crippen LogP contribution in [0.5, 0.6) is 0 Å². The fraction of sp³-hybridized carbons (Fsp3) is 0.731. The van der Waals surface area contributed by atoms with Crippen LogP contribution < -0.4 is 0 Å². The van der Waals surface area contributed by atoms with E-state index in [0.717, 1.165) is 3.39 Å². The highest BCUT2D eigenvalue weighted by Crippen LogP contribution is 2.39. The second kappa shape index (κ2) is 16.0. The van der Waals surface area contributed by atoms with Gasteiger partial charge in [0.15, 0.2) is 14.6 Å². The van der Waals surface area contributed by atoms with Gasteiger partial charge in [-0.3, -0.25) is 0 Å². The van der Waals surface area contributed by atoms with Crippen LogP contribution in [0.3, 0.4) is 0 Å². The Morgan fingerprint density at radius 1 is 1.00 bits per heavy atom. The zero-order valence-corrected chi connectivity index (χ0v) is 27.8. The molecule has 0 bridgehead atoms. The van der Waals surface area contributed by atoms with Crippen molar-refractivity contribution in [2.75, 3.05) is 28.4 Å². The number of methoxy groups -OCH3 is 4. The lowest BCUT2D eigenvalue weighted by Crippen LogP contribution is -2.60. The molecule has 0 aromatic rings. The van der Waals surface area contributed by atoms with Crippen LogP contribution in [-0.2, 0) is 37.6 Å². The van der Waals surface area contributed by atoms with Crippen LogP contribution in [0.15, 0.2) is 33.8 Å². The first kappa shape index (κ1) is 34.7. The van der Waals surface area contributed by atoms with Crippen molar-refractivity contribution < 1.29 is 37.6 Å². The standard InChI is InChI=1S/C26H44Br2O8Si/c1-17-22(31-6)23(32-7)24(33-8)25(34-17)35-18(14-12-11-13-15-21(29)30-5)19(16-20(27)28)36-37(9,10)26(2,3)4/h11-13,15-19,22-25H,14H2,1-10H3/b12-11+,15-13+/t17-,18-,19+,22-,23+,24+,25-/m0/s1. The summed E-state index contributed by atoms with van der Waals surface area (Å²) in [4.78, 5) is 11.4. The normalized spacial score (nSPS) is 26.9. The van der Waals surface area contributed by atoms with Crippen molar-refractivity contribution >= 4 is 46.1 Å². The molecule has 7 atom stereocenters. The van der Waals surface area contributed by atoms with Crippen LogP contribution in [0.1, 0.15) is 34.1 Å². The van der Waals surface area contributed by atoms with Crippen LogP contribution in [0.25, 0.3) is 0 Å². The third kappa shape index (κ3) is 10.6. The predicted molar refractivity (Wildman–Crippen MR) is 155 cm³/mol. The van der Waals surface area contributed by atoms with Crippen molar-refractivity contribution in [1.82, 2.24) is 0 Å². The minimum absolute atomic E-state index is 0.0146. The Hall–Kier alpha value is -0.373. The number of carbonyl (C=O) groups excluding carboxylic acids is 1. The second-order valence-electron chi connectivity index (χ2n) is 10.3. The van der Waals surface area contributed by atoms with Gasteiger partial charge in [-0.15, -0.1) is 0 Å². The molecule has 1 heterocycles. The zero-order valence-electron chi connectivity index (χ0n) is 23.7. The Morgan fingerprint density at radius 3 is 2.08 bits per heavy atom. The summed E-state index contributed by atoms with van der Waals surface area (Å²) in [6, 6.07) is 0. The molecule has 0 amide bonds. The molecule has 0 spiro atoms. The number of carbonyl (C=O) groups is 1. The van der Waals surface area contributed by atoms with Crippen LogP contribution in [0.2, 0.25) is 18.1 Å². The highest BCUT2D eigenvalue weighted by Gasteiger charge is 2.48. The summed E-state index contributed by atoms with van der Waals surface area (Å²) < 4.78 is 42.3. The van der Waals surface area contributed by atoms with Crippen molar-refractivity contribution in [2.24, 2.45) is 0 Å². The Kier molecular flexibility index (Phi) is 15.0. The zero-order chi connectivity index (χ0) is 28.4. The van der Waals surface area contributed by atoms with Crippen molar-refractivity contribution in [3.05, 3.63) is 33.8 Å². The average Bonchev–Trinajstić information content (AvgIpc) is 2.80. The minimum Gasteiger partial charge on any atom is -0.466 e. The molecule has 0 aromatic carbocycles. The monoisotopic (exact) mass is 670 g/mol. The Morgan fingerprint density at radius 2 is 1.59 bits per heavy atom. The maximum absolute atomic E-state index is 11.4. The Bertz CT molecular complexity index is 792. The first-order chi connectivity index (χ1) is 17.2. The molecule has 1 rings (SSSR count). The van der Waals surface area contributed by atoms with E-state index in [4.69, 9.17) is 28.1 Å². The van der Waals surface area contributed by atoms with Gasteiger partial charge >= 0.3 is 5.97 Å². The largest absolute Gasteiger partial charge is 0.466 e. The number of ether oxygens (including phenoxy) is 6. The Balaban J connectivity index is 3.38. The highest BCUT2D eigenvalue weighted by molar-refractivity contribution is 9.28. The van der Waals surface area contributed by atoms with Crippen LogP contribution in [-0.4, -0.2) is 85.6 Å². The first-order valence-electron chi connectivity index (χ1n) is 12.2. The van der Waals surface area contributed by atoms with Gasteiger partial charge in [-0.25, -0.2) is 4.79 Å². The molecule has 1 aliphatic heterocycles. The van der Waals surface area contributed by atoms with Crippen molar-refractivity contribution in [3.63, 3.8) is 0 Å². The molecule has 1 saturated heterocycles. The van der Waals surface area contributed by atoms with E-state index in [2.05, 4.69) is 70.5 Å². The third-order valence-electron chi connectivity index (χ3n) is 6.80. The van der Waals surface area contributed by atoms with E-state index in [-0.39, 0.29) is 23.4 Å².